The van der Waals surface area contributed by atoms with E-state index < -0.39 is 6.04 Å². The van der Waals surface area contributed by atoms with Crippen LogP contribution in [0, 0.1) is 11.3 Å². The van der Waals surface area contributed by atoms with Crippen molar-refractivity contribution in [3.8, 4) is 6.07 Å². The standard InChI is InChI=1S/C28H27N5O2/c1-19(21-11-9-20(16-29)10-12-21)17-30-27(22-7-5-4-6-8-22)28(35)31-23-13-14-24-25(15-23)33(3)26(18-34)32(24)2/h4-15,19,27,30H,17H2,1-3H3,(H,31,35)/t19-,27+/m1/s1. The van der Waals surface area contributed by atoms with E-state index >= 15 is 0 Å². The largest absolute Gasteiger partial charge is 0.324 e. The van der Waals surface area contributed by atoms with Gasteiger partial charge in [-0.15, -0.1) is 0 Å². The van der Waals surface area contributed by atoms with Crippen molar-refractivity contribution in [3.63, 3.8) is 0 Å². The van der Waals surface area contributed by atoms with E-state index in [0.717, 1.165) is 22.5 Å². The lowest BCUT2D eigenvalue weighted by Gasteiger charge is -2.22. The minimum absolute atomic E-state index is 0.138. The fourth-order valence-corrected chi connectivity index (χ4v) is 4.26. The molecule has 7 nitrogen and oxygen atoms in total. The molecule has 0 saturated carbocycles. The van der Waals surface area contributed by atoms with E-state index in [1.807, 2.05) is 73.7 Å². The Morgan fingerprint density at radius 1 is 0.943 bits per heavy atom. The number of benzene rings is 3. The summed E-state index contributed by atoms with van der Waals surface area (Å²) in [7, 11) is 3.61. The van der Waals surface area contributed by atoms with Crippen molar-refractivity contribution < 1.29 is 9.59 Å². The summed E-state index contributed by atoms with van der Waals surface area (Å²) >= 11 is 0. The molecule has 4 rings (SSSR count). The molecule has 0 aliphatic carbocycles. The summed E-state index contributed by atoms with van der Waals surface area (Å²) in [5, 5.41) is 15.5. The molecule has 3 aromatic rings. The lowest BCUT2D eigenvalue weighted by molar-refractivity contribution is -0.118. The number of fused-ring (bicyclic) bond motifs is 1. The highest BCUT2D eigenvalue weighted by Gasteiger charge is 2.28. The lowest BCUT2D eigenvalue weighted by atomic mass is 9.98. The SMILES string of the molecule is C[C@H](CN[C@H](C(=O)Nc1ccc2c(c1)N(C)C(=C=O)N2C)c1ccccc1)c1ccc(C#N)cc1. The maximum absolute atomic E-state index is 13.4. The predicted molar refractivity (Wildman–Crippen MR) is 138 cm³/mol. The van der Waals surface area contributed by atoms with Gasteiger partial charge in [0, 0.05) is 26.3 Å². The van der Waals surface area contributed by atoms with Gasteiger partial charge in [-0.05, 0) is 47.4 Å². The van der Waals surface area contributed by atoms with Crippen LogP contribution >= 0.6 is 0 Å². The number of nitriles is 1. The molecule has 0 fully saturated rings. The summed E-state index contributed by atoms with van der Waals surface area (Å²) in [6, 6.07) is 24.2. The molecule has 0 radical (unpaired) electrons. The molecule has 0 saturated heterocycles. The molecular weight excluding hydrogens is 438 g/mol. The molecule has 0 unspecified atom stereocenters. The zero-order valence-electron chi connectivity index (χ0n) is 19.9. The van der Waals surface area contributed by atoms with Crippen molar-refractivity contribution in [2.45, 2.75) is 18.9 Å². The van der Waals surface area contributed by atoms with E-state index in [-0.39, 0.29) is 11.8 Å². The van der Waals surface area contributed by atoms with Gasteiger partial charge in [0.15, 0.2) is 11.8 Å². The first-order valence-electron chi connectivity index (χ1n) is 11.4. The smallest absolute Gasteiger partial charge is 0.246 e. The van der Waals surface area contributed by atoms with Crippen LogP contribution < -0.4 is 20.4 Å². The Kier molecular flexibility index (Phi) is 6.98. The molecule has 7 heteroatoms. The average molecular weight is 466 g/mol. The van der Waals surface area contributed by atoms with Crippen molar-refractivity contribution in [1.82, 2.24) is 5.32 Å². The van der Waals surface area contributed by atoms with Crippen molar-refractivity contribution in [1.29, 1.82) is 5.26 Å². The number of nitrogens with one attached hydrogen (secondary N) is 2. The highest BCUT2D eigenvalue weighted by Crippen LogP contribution is 2.40. The predicted octanol–water partition coefficient (Wildman–Crippen LogP) is 4.19. The fraction of sp³-hybridized carbons (Fsp3) is 0.214. The summed E-state index contributed by atoms with van der Waals surface area (Å²) in [4.78, 5) is 28.3. The highest BCUT2D eigenvalue weighted by molar-refractivity contribution is 5.97. The molecule has 3 aromatic carbocycles. The number of nitrogens with zero attached hydrogens (tertiary/aromatic N) is 3. The zero-order valence-corrected chi connectivity index (χ0v) is 19.9. The second kappa shape index (κ2) is 10.3. The second-order valence-corrected chi connectivity index (χ2v) is 8.62. The number of anilines is 3. The first kappa shape index (κ1) is 23.8. The topological polar surface area (TPSA) is 88.5 Å². The number of rotatable bonds is 7. The van der Waals surface area contributed by atoms with Gasteiger partial charge in [-0.2, -0.15) is 5.26 Å². The molecule has 2 N–H and O–H groups in total. The number of hydrogen-bond acceptors (Lipinski definition) is 6. The third-order valence-electron chi connectivity index (χ3n) is 6.32. The summed E-state index contributed by atoms with van der Waals surface area (Å²) in [5.41, 5.74) is 4.91. The normalized spacial score (nSPS) is 14.1. The van der Waals surface area contributed by atoms with Crippen LogP contribution in [-0.4, -0.2) is 32.5 Å². The Labute approximate surface area is 205 Å². The Hall–Kier alpha value is -4.37. The summed E-state index contributed by atoms with van der Waals surface area (Å²) < 4.78 is 0. The van der Waals surface area contributed by atoms with Crippen molar-refractivity contribution >= 4 is 28.9 Å². The summed E-state index contributed by atoms with van der Waals surface area (Å²) in [5.74, 6) is 2.34. The van der Waals surface area contributed by atoms with Crippen LogP contribution in [0.4, 0.5) is 17.1 Å². The molecule has 0 aromatic heterocycles. The van der Waals surface area contributed by atoms with E-state index in [1.54, 1.807) is 29.0 Å². The lowest BCUT2D eigenvalue weighted by Crippen LogP contribution is -2.35. The van der Waals surface area contributed by atoms with E-state index in [4.69, 9.17) is 5.26 Å². The van der Waals surface area contributed by atoms with Crippen LogP contribution in [-0.2, 0) is 9.59 Å². The fourth-order valence-electron chi connectivity index (χ4n) is 4.26. The van der Waals surface area contributed by atoms with Crippen LogP contribution in [0.2, 0.25) is 0 Å². The van der Waals surface area contributed by atoms with Crippen LogP contribution in [0.15, 0.2) is 78.6 Å². The van der Waals surface area contributed by atoms with Gasteiger partial charge in [-0.25, -0.2) is 4.79 Å². The Morgan fingerprint density at radius 2 is 1.63 bits per heavy atom. The summed E-state index contributed by atoms with van der Waals surface area (Å²) in [6.45, 7) is 2.66. The van der Waals surface area contributed by atoms with Gasteiger partial charge in [-0.1, -0.05) is 49.4 Å². The number of carbonyl (C=O) groups is 1. The molecule has 35 heavy (non-hydrogen) atoms. The van der Waals surface area contributed by atoms with E-state index in [0.29, 0.717) is 23.6 Å². The van der Waals surface area contributed by atoms with E-state index in [2.05, 4.69) is 23.6 Å². The molecule has 0 spiro atoms. The molecule has 0 bridgehead atoms. The Morgan fingerprint density at radius 3 is 2.29 bits per heavy atom. The molecule has 1 aliphatic heterocycles. The first-order valence-corrected chi connectivity index (χ1v) is 11.4. The monoisotopic (exact) mass is 465 g/mol. The van der Waals surface area contributed by atoms with E-state index in [1.165, 1.54) is 0 Å². The molecule has 1 amide bonds. The minimum atomic E-state index is -0.559. The van der Waals surface area contributed by atoms with Crippen LogP contribution in [0.5, 0.6) is 0 Å². The second-order valence-electron chi connectivity index (χ2n) is 8.62. The molecule has 176 valence electrons. The average Bonchev–Trinajstić information content (AvgIpc) is 3.13. The van der Waals surface area contributed by atoms with Gasteiger partial charge >= 0.3 is 0 Å². The van der Waals surface area contributed by atoms with Gasteiger partial charge in [0.1, 0.15) is 6.04 Å². The van der Waals surface area contributed by atoms with Crippen molar-refractivity contribution in [3.05, 3.63) is 95.3 Å². The van der Waals surface area contributed by atoms with Gasteiger partial charge in [0.25, 0.3) is 0 Å². The number of carbonyl (C=O) groups excluding carboxylic acids is 2. The Balaban J connectivity index is 1.52. The number of hydrogen-bond donors (Lipinski definition) is 2. The van der Waals surface area contributed by atoms with Gasteiger partial charge in [0.05, 0.1) is 23.0 Å². The highest BCUT2D eigenvalue weighted by atomic mass is 16.2. The molecule has 1 heterocycles. The van der Waals surface area contributed by atoms with Gasteiger partial charge in [-0.3, -0.25) is 4.79 Å². The van der Waals surface area contributed by atoms with Crippen LogP contribution in [0.1, 0.15) is 35.6 Å². The van der Waals surface area contributed by atoms with Gasteiger partial charge < -0.3 is 20.4 Å². The Bertz CT molecular complexity index is 1310. The van der Waals surface area contributed by atoms with Crippen molar-refractivity contribution in [2.24, 2.45) is 0 Å². The third kappa shape index (κ3) is 4.95. The minimum Gasteiger partial charge on any atom is -0.324 e. The van der Waals surface area contributed by atoms with Crippen LogP contribution in [0.25, 0.3) is 0 Å². The third-order valence-corrected chi connectivity index (χ3v) is 6.32. The van der Waals surface area contributed by atoms with Crippen molar-refractivity contribution in [2.75, 3.05) is 35.8 Å². The first-order chi connectivity index (χ1) is 16.9. The quantitative estimate of drug-likeness (QED) is 0.509. The summed E-state index contributed by atoms with van der Waals surface area (Å²) in [6.07, 6.45) is 0. The van der Waals surface area contributed by atoms with Gasteiger partial charge in [0.2, 0.25) is 5.91 Å². The maximum Gasteiger partial charge on any atom is 0.246 e. The maximum atomic E-state index is 13.4. The van der Waals surface area contributed by atoms with E-state index in [9.17, 15) is 9.59 Å². The molecule has 2 atom stereocenters. The molecule has 1 aliphatic rings. The number of amides is 1. The zero-order chi connectivity index (χ0) is 24.9. The molecular formula is C28H27N5O2. The van der Waals surface area contributed by atoms with Crippen LogP contribution in [0.3, 0.4) is 0 Å².